The molecule has 0 radical (unpaired) electrons. The van der Waals surface area contributed by atoms with Gasteiger partial charge in [-0.3, -0.25) is 0 Å². The average Bonchev–Trinajstić information content (AvgIpc) is 2.94. The zero-order chi connectivity index (χ0) is 21.2. The lowest BCUT2D eigenvalue weighted by Gasteiger charge is -2.23. The van der Waals surface area contributed by atoms with E-state index in [0.717, 1.165) is 12.3 Å². The molecule has 0 spiro atoms. The van der Waals surface area contributed by atoms with E-state index in [-0.39, 0.29) is 23.7 Å². The van der Waals surface area contributed by atoms with Crippen molar-refractivity contribution in [2.24, 2.45) is 0 Å². The van der Waals surface area contributed by atoms with Gasteiger partial charge in [-0.25, -0.2) is 13.4 Å². The molecule has 1 aromatic carbocycles. The van der Waals surface area contributed by atoms with E-state index >= 15 is 0 Å². The highest BCUT2D eigenvalue weighted by atomic mass is 79.9. The number of ether oxygens (including phenoxy) is 1. The lowest BCUT2D eigenvalue weighted by molar-refractivity contribution is -0.137. The van der Waals surface area contributed by atoms with Gasteiger partial charge in [0.25, 0.3) is 0 Å². The molecule has 158 valence electrons. The van der Waals surface area contributed by atoms with Crippen molar-refractivity contribution in [1.82, 2.24) is 9.29 Å². The van der Waals surface area contributed by atoms with Crippen LogP contribution in [0.25, 0.3) is 0 Å². The topological polar surface area (TPSA) is 62.7 Å². The summed E-state index contributed by atoms with van der Waals surface area (Å²) in [6, 6.07) is 7.05. The first-order chi connectivity index (χ1) is 13.6. The highest BCUT2D eigenvalue weighted by Crippen LogP contribution is 2.31. The predicted octanol–water partition coefficient (Wildman–Crippen LogP) is 3.77. The van der Waals surface area contributed by atoms with Crippen molar-refractivity contribution in [2.45, 2.75) is 17.5 Å². The van der Waals surface area contributed by atoms with E-state index in [2.05, 4.69) is 20.9 Å². The summed E-state index contributed by atoms with van der Waals surface area (Å²) >= 11 is 3.28. The Morgan fingerprint density at radius 1 is 1.10 bits per heavy atom. The van der Waals surface area contributed by atoms with Crippen LogP contribution in [0.4, 0.5) is 19.0 Å². The first-order valence-electron chi connectivity index (χ1n) is 8.75. The monoisotopic (exact) mass is 493 g/mol. The maximum Gasteiger partial charge on any atom is 0.417 e. The summed E-state index contributed by atoms with van der Waals surface area (Å²) in [6.45, 7) is 1.27. The van der Waals surface area contributed by atoms with E-state index < -0.39 is 21.8 Å². The number of hydrogen-bond donors (Lipinski definition) is 0. The SMILES string of the molecule is COc1ccc(Br)cc1S(=O)(=O)N1CCCN(c2ccc(C(F)(F)F)cn2)CC1. The van der Waals surface area contributed by atoms with Crippen LogP contribution in [0.5, 0.6) is 5.75 Å². The molecule has 0 saturated carbocycles. The second kappa shape index (κ2) is 8.49. The fraction of sp³-hybridized carbons (Fsp3) is 0.389. The van der Waals surface area contributed by atoms with Gasteiger partial charge in [0.1, 0.15) is 16.5 Å². The van der Waals surface area contributed by atoms with Crippen molar-refractivity contribution in [2.75, 3.05) is 38.2 Å². The van der Waals surface area contributed by atoms with Crippen molar-refractivity contribution in [3.05, 3.63) is 46.6 Å². The number of nitrogens with zero attached hydrogens (tertiary/aromatic N) is 3. The Morgan fingerprint density at radius 3 is 2.48 bits per heavy atom. The summed E-state index contributed by atoms with van der Waals surface area (Å²) in [7, 11) is -2.39. The normalized spacial score (nSPS) is 16.5. The fourth-order valence-corrected chi connectivity index (χ4v) is 5.26. The van der Waals surface area contributed by atoms with Gasteiger partial charge in [0, 0.05) is 36.8 Å². The molecule has 1 saturated heterocycles. The van der Waals surface area contributed by atoms with E-state index in [1.54, 1.807) is 17.0 Å². The minimum atomic E-state index is -4.45. The number of aromatic nitrogens is 1. The van der Waals surface area contributed by atoms with Crippen molar-refractivity contribution in [3.8, 4) is 5.75 Å². The molecule has 11 heteroatoms. The van der Waals surface area contributed by atoms with E-state index in [0.29, 0.717) is 29.8 Å². The first-order valence-corrected chi connectivity index (χ1v) is 11.0. The van der Waals surface area contributed by atoms with Crippen LogP contribution in [-0.2, 0) is 16.2 Å². The molecule has 0 N–H and O–H groups in total. The Kier molecular flexibility index (Phi) is 6.39. The molecule has 1 aliphatic rings. The molecule has 0 bridgehead atoms. The number of methoxy groups -OCH3 is 1. The number of rotatable bonds is 4. The standard InChI is InChI=1S/C18H19BrF3N3O3S/c1-28-15-5-4-14(19)11-16(15)29(26,27)25-8-2-7-24(9-10-25)17-6-3-13(12-23-17)18(20,21)22/h3-6,11-12H,2,7-10H2,1H3. The number of sulfonamides is 1. The smallest absolute Gasteiger partial charge is 0.417 e. The van der Waals surface area contributed by atoms with Gasteiger partial charge < -0.3 is 9.64 Å². The Hall–Kier alpha value is -1.85. The maximum atomic E-state index is 13.1. The molecule has 0 unspecified atom stereocenters. The molecule has 0 atom stereocenters. The second-order valence-corrected chi connectivity index (χ2v) is 9.26. The summed E-state index contributed by atoms with van der Waals surface area (Å²) in [6.07, 6.45) is -3.14. The average molecular weight is 494 g/mol. The number of anilines is 1. The molecule has 2 aromatic rings. The minimum Gasteiger partial charge on any atom is -0.495 e. The number of benzene rings is 1. The van der Waals surface area contributed by atoms with E-state index in [4.69, 9.17) is 4.74 Å². The zero-order valence-electron chi connectivity index (χ0n) is 15.5. The van der Waals surface area contributed by atoms with Crippen LogP contribution < -0.4 is 9.64 Å². The van der Waals surface area contributed by atoms with E-state index in [1.807, 2.05) is 0 Å². The molecular weight excluding hydrogens is 475 g/mol. The van der Waals surface area contributed by atoms with Gasteiger partial charge >= 0.3 is 6.18 Å². The van der Waals surface area contributed by atoms with Crippen molar-refractivity contribution < 1.29 is 26.3 Å². The van der Waals surface area contributed by atoms with Gasteiger partial charge in [-0.1, -0.05) is 15.9 Å². The van der Waals surface area contributed by atoms with Crippen molar-refractivity contribution in [1.29, 1.82) is 0 Å². The Bertz CT molecular complexity index is 969. The van der Waals surface area contributed by atoms with E-state index in [9.17, 15) is 21.6 Å². The highest BCUT2D eigenvalue weighted by molar-refractivity contribution is 9.10. The largest absolute Gasteiger partial charge is 0.495 e. The predicted molar refractivity (Wildman–Crippen MR) is 106 cm³/mol. The molecular formula is C18H19BrF3N3O3S. The molecule has 1 aliphatic heterocycles. The fourth-order valence-electron chi connectivity index (χ4n) is 3.10. The zero-order valence-corrected chi connectivity index (χ0v) is 17.9. The lowest BCUT2D eigenvalue weighted by atomic mass is 10.2. The lowest BCUT2D eigenvalue weighted by Crippen LogP contribution is -2.35. The molecule has 2 heterocycles. The number of alkyl halides is 3. The third-order valence-corrected chi connectivity index (χ3v) is 7.01. The van der Waals surface area contributed by atoms with Crippen LogP contribution in [0.15, 0.2) is 45.9 Å². The van der Waals surface area contributed by atoms with Crippen LogP contribution in [0.2, 0.25) is 0 Å². The van der Waals surface area contributed by atoms with Crippen LogP contribution in [0.1, 0.15) is 12.0 Å². The van der Waals surface area contributed by atoms with E-state index in [1.165, 1.54) is 23.5 Å². The number of hydrogen-bond acceptors (Lipinski definition) is 5. The number of halogens is 4. The van der Waals surface area contributed by atoms with Gasteiger partial charge in [0.15, 0.2) is 0 Å². The van der Waals surface area contributed by atoms with Gasteiger partial charge in [0.2, 0.25) is 10.0 Å². The molecule has 6 nitrogen and oxygen atoms in total. The quantitative estimate of drug-likeness (QED) is 0.648. The minimum absolute atomic E-state index is 0.0653. The summed E-state index contributed by atoms with van der Waals surface area (Å²) in [5, 5.41) is 0. The van der Waals surface area contributed by atoms with Crippen LogP contribution in [0, 0.1) is 0 Å². The third-order valence-electron chi connectivity index (χ3n) is 4.60. The molecule has 3 rings (SSSR count). The number of pyridine rings is 1. The Labute approximate surface area is 175 Å². The first kappa shape index (κ1) is 21.8. The van der Waals surface area contributed by atoms with Crippen LogP contribution >= 0.6 is 15.9 Å². The Morgan fingerprint density at radius 2 is 1.86 bits per heavy atom. The third kappa shape index (κ3) is 4.84. The maximum absolute atomic E-state index is 13.1. The van der Waals surface area contributed by atoms with Gasteiger partial charge in [0.05, 0.1) is 12.7 Å². The molecule has 0 amide bonds. The molecule has 29 heavy (non-hydrogen) atoms. The summed E-state index contributed by atoms with van der Waals surface area (Å²) < 4.78 is 71.6. The summed E-state index contributed by atoms with van der Waals surface area (Å²) in [5.74, 6) is 0.635. The summed E-state index contributed by atoms with van der Waals surface area (Å²) in [4.78, 5) is 5.76. The van der Waals surface area contributed by atoms with Crippen molar-refractivity contribution >= 4 is 31.8 Å². The molecule has 1 aromatic heterocycles. The van der Waals surface area contributed by atoms with Gasteiger partial charge in [-0.15, -0.1) is 0 Å². The highest BCUT2D eigenvalue weighted by Gasteiger charge is 2.32. The second-order valence-electron chi connectivity index (χ2n) is 6.44. The Balaban J connectivity index is 1.78. The summed E-state index contributed by atoms with van der Waals surface area (Å²) in [5.41, 5.74) is -0.818. The van der Waals surface area contributed by atoms with Gasteiger partial charge in [-0.2, -0.15) is 17.5 Å². The van der Waals surface area contributed by atoms with Gasteiger partial charge in [-0.05, 0) is 36.8 Å². The van der Waals surface area contributed by atoms with Crippen LogP contribution in [-0.4, -0.2) is 51.0 Å². The van der Waals surface area contributed by atoms with Crippen molar-refractivity contribution in [3.63, 3.8) is 0 Å². The van der Waals surface area contributed by atoms with Crippen LogP contribution in [0.3, 0.4) is 0 Å². The molecule has 0 aliphatic carbocycles. The molecule has 1 fully saturated rings.